The first-order valence-electron chi connectivity index (χ1n) is 9.77. The standard InChI is InChI=1S/C25H21ClN2O4/c1-2-7-19-8-3-6-11-23(19)31-17-24(29)28-27-16-18-12-14-20(15-13-18)32-25(30)21-9-4-5-10-22(21)26/h2-6,8-16H,1,7,17H2,(H,28,29)/b27-16+. The number of carbonyl (C=O) groups is 2. The Morgan fingerprint density at radius 2 is 1.72 bits per heavy atom. The average molecular weight is 449 g/mol. The van der Waals surface area contributed by atoms with Crippen LogP contribution in [-0.4, -0.2) is 24.7 Å². The van der Waals surface area contributed by atoms with Crippen LogP contribution in [0.3, 0.4) is 0 Å². The first kappa shape index (κ1) is 22.8. The molecule has 162 valence electrons. The molecule has 0 saturated carbocycles. The summed E-state index contributed by atoms with van der Waals surface area (Å²) in [6, 6.07) is 20.8. The highest BCUT2D eigenvalue weighted by atomic mass is 35.5. The van der Waals surface area contributed by atoms with Crippen molar-refractivity contribution in [2.24, 2.45) is 5.10 Å². The molecule has 1 N–H and O–H groups in total. The molecule has 0 aliphatic carbocycles. The fraction of sp³-hybridized carbons (Fsp3) is 0.0800. The minimum atomic E-state index is -0.543. The van der Waals surface area contributed by atoms with Crippen LogP contribution >= 0.6 is 11.6 Å². The van der Waals surface area contributed by atoms with Gasteiger partial charge in [0.05, 0.1) is 16.8 Å². The molecule has 0 aliphatic rings. The fourth-order valence-electron chi connectivity index (χ4n) is 2.73. The Hall–Kier alpha value is -3.90. The molecule has 0 radical (unpaired) electrons. The van der Waals surface area contributed by atoms with Crippen LogP contribution in [-0.2, 0) is 11.2 Å². The molecule has 6 nitrogen and oxygen atoms in total. The number of para-hydroxylation sites is 1. The van der Waals surface area contributed by atoms with Gasteiger partial charge >= 0.3 is 5.97 Å². The summed E-state index contributed by atoms with van der Waals surface area (Å²) in [5.41, 5.74) is 4.36. The zero-order chi connectivity index (χ0) is 22.8. The van der Waals surface area contributed by atoms with E-state index >= 15 is 0 Å². The minimum absolute atomic E-state index is 0.164. The number of hydrazone groups is 1. The van der Waals surface area contributed by atoms with Gasteiger partial charge in [0.1, 0.15) is 11.5 Å². The first-order chi connectivity index (χ1) is 15.6. The molecule has 0 saturated heterocycles. The van der Waals surface area contributed by atoms with Gasteiger partial charge in [0.25, 0.3) is 5.91 Å². The number of rotatable bonds is 9. The Morgan fingerprint density at radius 3 is 2.47 bits per heavy atom. The van der Waals surface area contributed by atoms with Gasteiger partial charge in [0, 0.05) is 0 Å². The number of carbonyl (C=O) groups excluding carboxylic acids is 2. The third kappa shape index (κ3) is 6.55. The Bertz CT molecular complexity index is 1130. The Balaban J connectivity index is 1.48. The van der Waals surface area contributed by atoms with Crippen LogP contribution in [0.15, 0.2) is 90.6 Å². The van der Waals surface area contributed by atoms with Crippen LogP contribution in [0, 0.1) is 0 Å². The number of ether oxygens (including phenoxy) is 2. The van der Waals surface area contributed by atoms with Gasteiger partial charge in [0.15, 0.2) is 6.61 Å². The van der Waals surface area contributed by atoms with E-state index < -0.39 is 5.97 Å². The van der Waals surface area contributed by atoms with Crippen LogP contribution in [0.1, 0.15) is 21.5 Å². The summed E-state index contributed by atoms with van der Waals surface area (Å²) >= 11 is 6.01. The summed E-state index contributed by atoms with van der Waals surface area (Å²) in [5.74, 6) is 0.0649. The van der Waals surface area contributed by atoms with Gasteiger partial charge in [-0.1, -0.05) is 48.0 Å². The molecule has 0 atom stereocenters. The van der Waals surface area contributed by atoms with E-state index in [9.17, 15) is 9.59 Å². The Kier molecular flexibility index (Phi) is 8.17. The van der Waals surface area contributed by atoms with Crippen molar-refractivity contribution in [3.63, 3.8) is 0 Å². The predicted octanol–water partition coefficient (Wildman–Crippen LogP) is 4.82. The molecule has 3 rings (SSSR count). The van der Waals surface area contributed by atoms with Crippen LogP contribution in [0.25, 0.3) is 0 Å². The Morgan fingerprint density at radius 1 is 1.00 bits per heavy atom. The van der Waals surface area contributed by atoms with Crippen LogP contribution in [0.4, 0.5) is 0 Å². The highest BCUT2D eigenvalue weighted by Crippen LogP contribution is 2.19. The molecule has 0 aliphatic heterocycles. The van der Waals surface area contributed by atoms with Gasteiger partial charge in [-0.3, -0.25) is 4.79 Å². The summed E-state index contributed by atoms with van der Waals surface area (Å²) in [4.78, 5) is 24.2. The zero-order valence-corrected chi connectivity index (χ0v) is 17.9. The lowest BCUT2D eigenvalue weighted by atomic mass is 10.1. The molecule has 0 unspecified atom stereocenters. The van der Waals surface area contributed by atoms with Crippen molar-refractivity contribution in [2.45, 2.75) is 6.42 Å². The molecule has 3 aromatic rings. The van der Waals surface area contributed by atoms with E-state index in [0.29, 0.717) is 28.5 Å². The second-order valence-corrected chi connectivity index (χ2v) is 7.03. The molecule has 0 fully saturated rings. The van der Waals surface area contributed by atoms with E-state index in [1.54, 1.807) is 60.7 Å². The van der Waals surface area contributed by atoms with Crippen LogP contribution < -0.4 is 14.9 Å². The second kappa shape index (κ2) is 11.5. The van der Waals surface area contributed by atoms with Crippen molar-refractivity contribution in [3.8, 4) is 11.5 Å². The molecule has 1 amide bonds. The molecule has 7 heteroatoms. The van der Waals surface area contributed by atoms with E-state index in [1.807, 2.05) is 18.2 Å². The summed E-state index contributed by atoms with van der Waals surface area (Å²) in [6.07, 6.45) is 3.90. The average Bonchev–Trinajstić information content (AvgIpc) is 2.80. The van der Waals surface area contributed by atoms with Gasteiger partial charge in [0.2, 0.25) is 0 Å². The van der Waals surface area contributed by atoms with Crippen molar-refractivity contribution in [1.29, 1.82) is 0 Å². The maximum atomic E-state index is 12.2. The number of nitrogens with one attached hydrogen (secondary N) is 1. The number of hydrogen-bond donors (Lipinski definition) is 1. The smallest absolute Gasteiger partial charge is 0.345 e. The largest absolute Gasteiger partial charge is 0.483 e. The van der Waals surface area contributed by atoms with Gasteiger partial charge in [-0.15, -0.1) is 6.58 Å². The van der Waals surface area contributed by atoms with E-state index in [1.165, 1.54) is 6.21 Å². The Labute approximate surface area is 191 Å². The molecule has 0 spiro atoms. The zero-order valence-electron chi connectivity index (χ0n) is 17.2. The first-order valence-corrected chi connectivity index (χ1v) is 10.1. The maximum Gasteiger partial charge on any atom is 0.345 e. The van der Waals surface area contributed by atoms with E-state index in [0.717, 1.165) is 5.56 Å². The van der Waals surface area contributed by atoms with Gasteiger partial charge in [-0.25, -0.2) is 10.2 Å². The van der Waals surface area contributed by atoms with Crippen LogP contribution in [0.2, 0.25) is 5.02 Å². The van der Waals surface area contributed by atoms with Crippen molar-refractivity contribution in [3.05, 3.63) is 107 Å². The highest BCUT2D eigenvalue weighted by Gasteiger charge is 2.12. The normalized spacial score (nSPS) is 10.5. The third-order valence-corrected chi connectivity index (χ3v) is 4.61. The van der Waals surface area contributed by atoms with Crippen molar-refractivity contribution in [1.82, 2.24) is 5.43 Å². The number of esters is 1. The number of nitrogens with zero attached hydrogens (tertiary/aromatic N) is 1. The fourth-order valence-corrected chi connectivity index (χ4v) is 2.95. The predicted molar refractivity (Wildman–Crippen MR) is 124 cm³/mol. The quantitative estimate of drug-likeness (QED) is 0.167. The highest BCUT2D eigenvalue weighted by molar-refractivity contribution is 6.33. The van der Waals surface area contributed by atoms with Crippen molar-refractivity contribution < 1.29 is 19.1 Å². The molecule has 0 aromatic heterocycles. The van der Waals surface area contributed by atoms with E-state index in [-0.39, 0.29) is 18.1 Å². The summed E-state index contributed by atoms with van der Waals surface area (Å²) in [7, 11) is 0. The third-order valence-electron chi connectivity index (χ3n) is 4.28. The number of benzene rings is 3. The second-order valence-electron chi connectivity index (χ2n) is 6.62. The number of amides is 1. The molecule has 3 aromatic carbocycles. The topological polar surface area (TPSA) is 77.0 Å². The van der Waals surface area contributed by atoms with Gasteiger partial charge in [-0.2, -0.15) is 5.10 Å². The van der Waals surface area contributed by atoms with Gasteiger partial charge in [-0.05, 0) is 60.0 Å². The molecular formula is C25H21ClN2O4. The molecule has 0 heterocycles. The SMILES string of the molecule is C=CCc1ccccc1OCC(=O)N/N=C/c1ccc(OC(=O)c2ccccc2Cl)cc1. The van der Waals surface area contributed by atoms with Crippen molar-refractivity contribution >= 4 is 29.7 Å². The lowest BCUT2D eigenvalue weighted by Crippen LogP contribution is -2.24. The summed E-state index contributed by atoms with van der Waals surface area (Å²) in [5, 5.41) is 4.24. The maximum absolute atomic E-state index is 12.2. The minimum Gasteiger partial charge on any atom is -0.483 e. The summed E-state index contributed by atoms with van der Waals surface area (Å²) in [6.45, 7) is 3.55. The number of hydrogen-bond acceptors (Lipinski definition) is 5. The monoisotopic (exact) mass is 448 g/mol. The van der Waals surface area contributed by atoms with E-state index in [2.05, 4.69) is 17.1 Å². The number of halogens is 1. The lowest BCUT2D eigenvalue weighted by Gasteiger charge is -2.09. The number of allylic oxidation sites excluding steroid dienone is 1. The lowest BCUT2D eigenvalue weighted by molar-refractivity contribution is -0.123. The summed E-state index contributed by atoms with van der Waals surface area (Å²) < 4.78 is 10.9. The molecular weight excluding hydrogens is 428 g/mol. The van der Waals surface area contributed by atoms with E-state index in [4.69, 9.17) is 21.1 Å². The molecule has 32 heavy (non-hydrogen) atoms. The molecule has 0 bridgehead atoms. The van der Waals surface area contributed by atoms with Gasteiger partial charge < -0.3 is 9.47 Å². The van der Waals surface area contributed by atoms with Crippen LogP contribution in [0.5, 0.6) is 11.5 Å². The van der Waals surface area contributed by atoms with Crippen molar-refractivity contribution in [2.75, 3.05) is 6.61 Å².